The zero-order valence-corrected chi connectivity index (χ0v) is 11.5. The molecule has 1 aromatic rings. The molecule has 0 spiro atoms. The van der Waals surface area contributed by atoms with E-state index in [2.05, 4.69) is 5.32 Å². The average molecular weight is 285 g/mol. The molecular weight excluding hydrogens is 265 g/mol. The highest BCUT2D eigenvalue weighted by Crippen LogP contribution is 2.15. The lowest BCUT2D eigenvalue weighted by Crippen LogP contribution is -2.29. The van der Waals surface area contributed by atoms with Gasteiger partial charge in [-0.05, 0) is 18.6 Å². The van der Waals surface area contributed by atoms with E-state index in [-0.39, 0.29) is 31.3 Å². The summed E-state index contributed by atoms with van der Waals surface area (Å²) in [5, 5.41) is 12.0. The van der Waals surface area contributed by atoms with Crippen LogP contribution in [0.25, 0.3) is 0 Å². The van der Waals surface area contributed by atoms with E-state index in [1.807, 2.05) is 0 Å². The smallest absolute Gasteiger partial charge is 0.223 e. The molecule has 6 heteroatoms. The summed E-state index contributed by atoms with van der Waals surface area (Å²) < 4.78 is 23.1. The highest BCUT2D eigenvalue weighted by molar-refractivity contribution is 5.75. The van der Waals surface area contributed by atoms with Crippen LogP contribution in [0.15, 0.2) is 24.3 Å². The molecule has 0 aliphatic carbocycles. The van der Waals surface area contributed by atoms with Gasteiger partial charge in [-0.1, -0.05) is 12.1 Å². The molecule has 0 saturated heterocycles. The maximum atomic E-state index is 13.2. The normalized spacial score (nSPS) is 11.9. The van der Waals surface area contributed by atoms with Crippen LogP contribution in [0.2, 0.25) is 0 Å². The minimum atomic E-state index is -0.588. The zero-order valence-electron chi connectivity index (χ0n) is 11.5. The molecule has 0 aliphatic rings. The van der Waals surface area contributed by atoms with Crippen molar-refractivity contribution in [1.82, 2.24) is 5.32 Å². The number of halogens is 1. The van der Waals surface area contributed by atoms with Crippen LogP contribution >= 0.6 is 0 Å². The van der Waals surface area contributed by atoms with Gasteiger partial charge >= 0.3 is 0 Å². The number of amides is 1. The van der Waals surface area contributed by atoms with Crippen LogP contribution < -0.4 is 10.1 Å². The first kappa shape index (κ1) is 16.4. The number of carbonyl (C=O) groups is 1. The third-order valence-electron chi connectivity index (χ3n) is 2.58. The molecule has 0 bridgehead atoms. The largest absolute Gasteiger partial charge is 0.490 e. The molecule has 1 amide bonds. The number of hydrogen-bond acceptors (Lipinski definition) is 4. The number of ether oxygens (including phenoxy) is 2. The van der Waals surface area contributed by atoms with Crippen molar-refractivity contribution >= 4 is 5.91 Å². The van der Waals surface area contributed by atoms with Gasteiger partial charge in [-0.15, -0.1) is 0 Å². The van der Waals surface area contributed by atoms with Gasteiger partial charge in [-0.3, -0.25) is 4.79 Å². The van der Waals surface area contributed by atoms with Gasteiger partial charge in [0.15, 0.2) is 11.6 Å². The third kappa shape index (κ3) is 6.49. The Bertz CT molecular complexity index is 414. The highest BCUT2D eigenvalue weighted by atomic mass is 19.1. The van der Waals surface area contributed by atoms with Crippen molar-refractivity contribution in [1.29, 1.82) is 0 Å². The second kappa shape index (κ2) is 9.28. The predicted molar refractivity (Wildman–Crippen MR) is 72.0 cm³/mol. The first-order valence-electron chi connectivity index (χ1n) is 6.44. The van der Waals surface area contributed by atoms with Crippen molar-refractivity contribution < 1.29 is 23.8 Å². The molecule has 20 heavy (non-hydrogen) atoms. The van der Waals surface area contributed by atoms with Crippen LogP contribution in [-0.4, -0.2) is 44.0 Å². The number of aliphatic hydroxyl groups excluding tert-OH is 1. The Morgan fingerprint density at radius 2 is 2.20 bits per heavy atom. The molecule has 0 aromatic heterocycles. The second-order valence-electron chi connectivity index (χ2n) is 4.28. The van der Waals surface area contributed by atoms with Gasteiger partial charge < -0.3 is 19.9 Å². The minimum absolute atomic E-state index is 0.105. The van der Waals surface area contributed by atoms with Crippen LogP contribution in [0.3, 0.4) is 0 Å². The lowest BCUT2D eigenvalue weighted by atomic mass is 10.2. The lowest BCUT2D eigenvalue weighted by Gasteiger charge is -2.10. The number of carbonyl (C=O) groups excluding carboxylic acids is 1. The number of aliphatic hydroxyl groups is 1. The predicted octanol–water partition coefficient (Wildman–Crippen LogP) is 1.11. The molecule has 1 rings (SSSR count). The Morgan fingerprint density at radius 3 is 2.90 bits per heavy atom. The fourth-order valence-corrected chi connectivity index (χ4v) is 1.56. The van der Waals surface area contributed by atoms with E-state index < -0.39 is 11.9 Å². The van der Waals surface area contributed by atoms with Gasteiger partial charge in [-0.2, -0.15) is 0 Å². The maximum absolute atomic E-state index is 13.2. The van der Waals surface area contributed by atoms with E-state index in [1.54, 1.807) is 12.1 Å². The van der Waals surface area contributed by atoms with Crippen LogP contribution in [0, 0.1) is 5.82 Å². The summed E-state index contributed by atoms with van der Waals surface area (Å²) in [6.45, 7) is 0.711. The van der Waals surface area contributed by atoms with Crippen molar-refractivity contribution in [2.45, 2.75) is 18.9 Å². The van der Waals surface area contributed by atoms with Crippen LogP contribution in [0.4, 0.5) is 4.39 Å². The summed E-state index contributed by atoms with van der Waals surface area (Å²) in [5.41, 5.74) is 0. The molecule has 2 N–H and O–H groups in total. The molecule has 112 valence electrons. The van der Waals surface area contributed by atoms with Crippen LogP contribution in [0.1, 0.15) is 12.8 Å². The first-order valence-corrected chi connectivity index (χ1v) is 6.44. The number of para-hydroxylation sites is 1. The van der Waals surface area contributed by atoms with E-state index in [9.17, 15) is 14.3 Å². The van der Waals surface area contributed by atoms with Crippen LogP contribution in [0.5, 0.6) is 5.75 Å². The van der Waals surface area contributed by atoms with Crippen molar-refractivity contribution in [2.75, 3.05) is 26.9 Å². The number of methoxy groups -OCH3 is 1. The number of rotatable bonds is 9. The molecule has 0 fully saturated rings. The van der Waals surface area contributed by atoms with Gasteiger partial charge in [0.05, 0.1) is 25.7 Å². The fraction of sp³-hybridized carbons (Fsp3) is 0.500. The van der Waals surface area contributed by atoms with E-state index >= 15 is 0 Å². The summed E-state index contributed by atoms with van der Waals surface area (Å²) in [7, 11) is 1.50. The molecule has 0 aliphatic heterocycles. The Morgan fingerprint density at radius 1 is 1.45 bits per heavy atom. The number of nitrogens with one attached hydrogen (secondary N) is 1. The summed E-state index contributed by atoms with van der Waals surface area (Å²) in [4.78, 5) is 11.5. The molecule has 5 nitrogen and oxygen atoms in total. The van der Waals surface area contributed by atoms with Crippen LogP contribution in [-0.2, 0) is 9.53 Å². The van der Waals surface area contributed by atoms with E-state index in [0.717, 1.165) is 0 Å². The quantitative estimate of drug-likeness (QED) is 0.713. The second-order valence-corrected chi connectivity index (χ2v) is 4.28. The maximum Gasteiger partial charge on any atom is 0.223 e. The first-order chi connectivity index (χ1) is 9.63. The minimum Gasteiger partial charge on any atom is -0.490 e. The van der Waals surface area contributed by atoms with Crippen molar-refractivity contribution in [3.8, 4) is 5.75 Å². The monoisotopic (exact) mass is 285 g/mol. The summed E-state index contributed by atoms with van der Waals surface area (Å²) in [6.07, 6.45) is -0.0300. The van der Waals surface area contributed by atoms with Gasteiger partial charge in [-0.25, -0.2) is 4.39 Å². The van der Waals surface area contributed by atoms with E-state index in [1.165, 1.54) is 19.2 Å². The van der Waals surface area contributed by atoms with Crippen molar-refractivity contribution in [3.63, 3.8) is 0 Å². The summed E-state index contributed by atoms with van der Waals surface area (Å²) in [5.74, 6) is -0.516. The Balaban J connectivity index is 2.13. The van der Waals surface area contributed by atoms with Crippen molar-refractivity contribution in [2.24, 2.45) is 0 Å². The van der Waals surface area contributed by atoms with Gasteiger partial charge in [0.2, 0.25) is 5.91 Å². The SMILES string of the molecule is COCC(O)CCNC(=O)CCOc1ccccc1F. The standard InChI is InChI=1S/C14H20FNO4/c1-19-10-11(17)6-8-16-14(18)7-9-20-13-5-3-2-4-12(13)15/h2-5,11,17H,6-10H2,1H3,(H,16,18). The molecule has 1 aromatic carbocycles. The summed E-state index contributed by atoms with van der Waals surface area (Å²) in [6, 6.07) is 6.04. The molecule has 1 unspecified atom stereocenters. The zero-order chi connectivity index (χ0) is 14.8. The molecular formula is C14H20FNO4. The van der Waals surface area contributed by atoms with Gasteiger partial charge in [0.1, 0.15) is 0 Å². The topological polar surface area (TPSA) is 67.8 Å². The third-order valence-corrected chi connectivity index (χ3v) is 2.58. The fourth-order valence-electron chi connectivity index (χ4n) is 1.56. The molecule has 0 heterocycles. The molecule has 0 radical (unpaired) electrons. The number of hydrogen-bond donors (Lipinski definition) is 2. The Labute approximate surface area is 117 Å². The highest BCUT2D eigenvalue weighted by Gasteiger charge is 2.06. The Hall–Kier alpha value is -1.66. The number of benzene rings is 1. The summed E-state index contributed by atoms with van der Waals surface area (Å²) >= 11 is 0. The van der Waals surface area contributed by atoms with Gasteiger partial charge in [0.25, 0.3) is 0 Å². The average Bonchev–Trinajstić information content (AvgIpc) is 2.41. The van der Waals surface area contributed by atoms with Crippen molar-refractivity contribution in [3.05, 3.63) is 30.1 Å². The molecule has 1 atom stereocenters. The molecule has 0 saturated carbocycles. The van der Waals surface area contributed by atoms with Gasteiger partial charge in [0, 0.05) is 13.7 Å². The Kier molecular flexibility index (Phi) is 7.60. The van der Waals surface area contributed by atoms with E-state index in [0.29, 0.717) is 13.0 Å². The lowest BCUT2D eigenvalue weighted by molar-refractivity contribution is -0.121. The van der Waals surface area contributed by atoms with E-state index in [4.69, 9.17) is 9.47 Å².